The first-order chi connectivity index (χ1) is 9.28. The average molecular weight is 274 g/mol. The Balaban J connectivity index is 1.69. The lowest BCUT2D eigenvalue weighted by Gasteiger charge is -2.41. The van der Waals surface area contributed by atoms with Crippen molar-refractivity contribution in [3.63, 3.8) is 0 Å². The van der Waals surface area contributed by atoms with Gasteiger partial charge in [0.05, 0.1) is 0 Å². The van der Waals surface area contributed by atoms with Crippen molar-refractivity contribution in [2.45, 2.75) is 63.4 Å². The van der Waals surface area contributed by atoms with Crippen molar-refractivity contribution in [1.82, 2.24) is 0 Å². The molecule has 0 unspecified atom stereocenters. The highest BCUT2D eigenvalue weighted by atomic mass is 17.4. The molecule has 0 radical (unpaired) electrons. The molecule has 0 aromatic rings. The summed E-state index contributed by atoms with van der Waals surface area (Å²) in [5.74, 6) is 0.0228. The van der Waals surface area contributed by atoms with Crippen molar-refractivity contribution in [1.29, 1.82) is 0 Å². The van der Waals surface area contributed by atoms with E-state index in [9.17, 15) is 0 Å². The van der Waals surface area contributed by atoms with Gasteiger partial charge in [-0.1, -0.05) is 0 Å². The fourth-order valence-electron chi connectivity index (χ4n) is 2.67. The summed E-state index contributed by atoms with van der Waals surface area (Å²) < 4.78 is 0. The first kappa shape index (κ1) is 15.2. The van der Waals surface area contributed by atoms with Crippen LogP contribution in [-0.4, -0.2) is 25.2 Å². The molecule has 4 N–H and O–H groups in total. The Bertz CT molecular complexity index is 220. The normalized spacial score (nSPS) is 35.7. The van der Waals surface area contributed by atoms with Gasteiger partial charge in [0, 0.05) is 19.3 Å². The molecule has 1 aliphatic carbocycles. The molecule has 2 aliphatic rings. The standard InChI is InChI=1S/C13H26N2O4/c14-9-1-3-11-5-7-13(8-6-11)18-16-12(17-19-13)4-2-10-15/h11-12H,1-10,14-15H2. The van der Waals surface area contributed by atoms with E-state index in [0.29, 0.717) is 13.0 Å². The predicted octanol–water partition coefficient (Wildman–Crippen LogP) is 1.59. The van der Waals surface area contributed by atoms with Crippen LogP contribution >= 0.6 is 0 Å². The van der Waals surface area contributed by atoms with Crippen molar-refractivity contribution in [2.75, 3.05) is 13.1 Å². The van der Waals surface area contributed by atoms with Gasteiger partial charge in [-0.25, -0.2) is 0 Å². The van der Waals surface area contributed by atoms with Crippen LogP contribution in [0.5, 0.6) is 0 Å². The second kappa shape index (κ2) is 7.52. The van der Waals surface area contributed by atoms with E-state index in [1.165, 1.54) is 6.42 Å². The number of hydrogen-bond donors (Lipinski definition) is 2. The van der Waals surface area contributed by atoms with Crippen molar-refractivity contribution < 1.29 is 19.6 Å². The van der Waals surface area contributed by atoms with Crippen LogP contribution in [0.3, 0.4) is 0 Å². The third-order valence-electron chi connectivity index (χ3n) is 3.94. The van der Waals surface area contributed by atoms with Gasteiger partial charge in [-0.15, -0.1) is 0 Å². The van der Waals surface area contributed by atoms with Crippen molar-refractivity contribution in [3.05, 3.63) is 0 Å². The highest BCUT2D eigenvalue weighted by molar-refractivity contribution is 4.79. The van der Waals surface area contributed by atoms with E-state index in [1.54, 1.807) is 0 Å². The summed E-state index contributed by atoms with van der Waals surface area (Å²) in [6.45, 7) is 1.38. The topological polar surface area (TPSA) is 89.0 Å². The van der Waals surface area contributed by atoms with E-state index in [2.05, 4.69) is 0 Å². The maximum absolute atomic E-state index is 5.54. The van der Waals surface area contributed by atoms with E-state index in [1.807, 2.05) is 0 Å². The second-order valence-electron chi connectivity index (χ2n) is 5.50. The summed E-state index contributed by atoms with van der Waals surface area (Å²) in [4.78, 5) is 21.4. The fraction of sp³-hybridized carbons (Fsp3) is 1.00. The van der Waals surface area contributed by atoms with Gasteiger partial charge in [-0.2, -0.15) is 19.6 Å². The van der Waals surface area contributed by atoms with Crippen molar-refractivity contribution >= 4 is 0 Å². The quantitative estimate of drug-likeness (QED) is 0.715. The Morgan fingerprint density at radius 2 is 1.47 bits per heavy atom. The van der Waals surface area contributed by atoms with Crippen LogP contribution in [0.2, 0.25) is 0 Å². The summed E-state index contributed by atoms with van der Waals surface area (Å²) in [6, 6.07) is 0. The van der Waals surface area contributed by atoms with Crippen LogP contribution in [0.4, 0.5) is 0 Å². The Kier molecular flexibility index (Phi) is 6.00. The Labute approximate surface area is 114 Å². The zero-order valence-electron chi connectivity index (χ0n) is 11.5. The molecule has 2 rings (SSSR count). The smallest absolute Gasteiger partial charge is 0.234 e. The number of rotatable bonds is 6. The molecule has 1 saturated heterocycles. The molecule has 6 nitrogen and oxygen atoms in total. The Morgan fingerprint density at radius 3 is 2.05 bits per heavy atom. The highest BCUT2D eigenvalue weighted by Crippen LogP contribution is 2.40. The molecule has 112 valence electrons. The molecule has 1 saturated carbocycles. The molecule has 0 amide bonds. The molecule has 0 bridgehead atoms. The van der Waals surface area contributed by atoms with E-state index >= 15 is 0 Å². The summed E-state index contributed by atoms with van der Waals surface area (Å²) in [7, 11) is 0. The van der Waals surface area contributed by atoms with Crippen molar-refractivity contribution in [2.24, 2.45) is 17.4 Å². The minimum absolute atomic E-state index is 0.455. The van der Waals surface area contributed by atoms with Gasteiger partial charge in [0.25, 0.3) is 0 Å². The predicted molar refractivity (Wildman–Crippen MR) is 69.4 cm³/mol. The van der Waals surface area contributed by atoms with E-state index in [0.717, 1.165) is 51.0 Å². The van der Waals surface area contributed by atoms with E-state index in [-0.39, 0.29) is 0 Å². The Morgan fingerprint density at radius 1 is 0.895 bits per heavy atom. The van der Waals surface area contributed by atoms with Crippen LogP contribution in [0.25, 0.3) is 0 Å². The first-order valence-electron chi connectivity index (χ1n) is 7.37. The van der Waals surface area contributed by atoms with Crippen molar-refractivity contribution in [3.8, 4) is 0 Å². The third-order valence-corrected chi connectivity index (χ3v) is 3.94. The minimum atomic E-state index is -0.696. The summed E-state index contributed by atoms with van der Waals surface area (Å²) in [5.41, 5.74) is 11.0. The van der Waals surface area contributed by atoms with Gasteiger partial charge in [-0.05, 0) is 51.1 Å². The lowest BCUT2D eigenvalue weighted by Crippen LogP contribution is -2.46. The summed E-state index contributed by atoms with van der Waals surface area (Å²) in [6.07, 6.45) is 7.10. The lowest BCUT2D eigenvalue weighted by atomic mass is 9.83. The number of nitrogens with two attached hydrogens (primary N) is 2. The largest absolute Gasteiger partial charge is 0.330 e. The maximum Gasteiger partial charge on any atom is 0.234 e. The molecule has 1 spiro atoms. The molecule has 6 heteroatoms. The molecule has 0 aromatic carbocycles. The SMILES string of the molecule is NCCCC1CCC2(CC1)OOC(CCCN)OO2. The zero-order chi connectivity index (χ0) is 13.6. The number of hydrogen-bond acceptors (Lipinski definition) is 6. The zero-order valence-corrected chi connectivity index (χ0v) is 11.5. The van der Waals surface area contributed by atoms with Crippen LogP contribution in [0.1, 0.15) is 51.4 Å². The van der Waals surface area contributed by atoms with Crippen LogP contribution in [0.15, 0.2) is 0 Å². The molecule has 0 atom stereocenters. The van der Waals surface area contributed by atoms with Gasteiger partial charge in [0.2, 0.25) is 12.1 Å². The van der Waals surface area contributed by atoms with Crippen LogP contribution in [-0.2, 0) is 19.6 Å². The van der Waals surface area contributed by atoms with Gasteiger partial charge in [0.15, 0.2) is 0 Å². The molecule has 0 aromatic heterocycles. The van der Waals surface area contributed by atoms with Gasteiger partial charge in [-0.3, -0.25) is 0 Å². The summed E-state index contributed by atoms with van der Waals surface area (Å²) >= 11 is 0. The molecular formula is C13H26N2O4. The maximum atomic E-state index is 5.54. The minimum Gasteiger partial charge on any atom is -0.330 e. The van der Waals surface area contributed by atoms with E-state index < -0.39 is 12.1 Å². The molecule has 1 aliphatic heterocycles. The molecule has 1 heterocycles. The van der Waals surface area contributed by atoms with Crippen LogP contribution in [0, 0.1) is 5.92 Å². The van der Waals surface area contributed by atoms with Crippen LogP contribution < -0.4 is 11.5 Å². The molecule has 19 heavy (non-hydrogen) atoms. The molecular weight excluding hydrogens is 248 g/mol. The first-order valence-corrected chi connectivity index (χ1v) is 7.37. The monoisotopic (exact) mass is 274 g/mol. The third kappa shape index (κ3) is 4.37. The highest BCUT2D eigenvalue weighted by Gasteiger charge is 2.44. The average Bonchev–Trinajstić information content (AvgIpc) is 2.46. The fourth-order valence-corrected chi connectivity index (χ4v) is 2.67. The van der Waals surface area contributed by atoms with Gasteiger partial charge in [0.1, 0.15) is 0 Å². The lowest BCUT2D eigenvalue weighted by molar-refractivity contribution is -0.629. The van der Waals surface area contributed by atoms with E-state index in [4.69, 9.17) is 31.0 Å². The van der Waals surface area contributed by atoms with Gasteiger partial charge >= 0.3 is 0 Å². The summed E-state index contributed by atoms with van der Waals surface area (Å²) in [5, 5.41) is 0. The second-order valence-corrected chi connectivity index (χ2v) is 5.50. The Hall–Kier alpha value is -0.240. The molecule has 2 fully saturated rings. The van der Waals surface area contributed by atoms with Gasteiger partial charge < -0.3 is 11.5 Å².